The molecular formula is C4H8I2. The predicted molar refractivity (Wildman–Crippen MR) is 46.7 cm³/mol. The molecule has 0 radical (unpaired) electrons. The second-order valence-corrected chi connectivity index (χ2v) is 6.57. The molecule has 0 aromatic carbocycles. The Hall–Kier alpha value is 1.46. The van der Waals surface area contributed by atoms with Gasteiger partial charge in [0.25, 0.3) is 0 Å². The Labute approximate surface area is 66.4 Å². The maximum absolute atomic E-state index is 2.43. The quantitative estimate of drug-likeness (QED) is 0.543. The van der Waals surface area contributed by atoms with Crippen LogP contribution in [-0.4, -0.2) is 1.93 Å². The van der Waals surface area contributed by atoms with Crippen molar-refractivity contribution in [3.05, 3.63) is 0 Å². The van der Waals surface area contributed by atoms with E-state index in [0.717, 1.165) is 1.93 Å². The van der Waals surface area contributed by atoms with Crippen LogP contribution in [0.1, 0.15) is 19.8 Å². The minimum absolute atomic E-state index is 0.838. The molecule has 38 valence electrons. The van der Waals surface area contributed by atoms with E-state index in [-0.39, 0.29) is 0 Å². The van der Waals surface area contributed by atoms with Crippen molar-refractivity contribution in [2.45, 2.75) is 21.7 Å². The highest BCUT2D eigenvalue weighted by atomic mass is 127. The van der Waals surface area contributed by atoms with Gasteiger partial charge < -0.3 is 0 Å². The lowest BCUT2D eigenvalue weighted by molar-refractivity contribution is 0.896. The van der Waals surface area contributed by atoms with Crippen LogP contribution in [0.25, 0.3) is 0 Å². The Bertz CT molecular complexity index is 26.7. The third kappa shape index (κ3) is 5.46. The van der Waals surface area contributed by atoms with Crippen LogP contribution in [0.2, 0.25) is 0 Å². The molecule has 0 aromatic heterocycles. The summed E-state index contributed by atoms with van der Waals surface area (Å²) in [5, 5.41) is 0. The van der Waals surface area contributed by atoms with Gasteiger partial charge in [-0.25, -0.2) is 0 Å². The molecule has 0 aliphatic heterocycles. The number of alkyl halides is 2. The van der Waals surface area contributed by atoms with E-state index in [2.05, 4.69) is 52.1 Å². The molecule has 0 N–H and O–H groups in total. The molecule has 6 heavy (non-hydrogen) atoms. The smallest absolute Gasteiger partial charge is 0.0626 e. The maximum Gasteiger partial charge on any atom is 0.0626 e. The first kappa shape index (κ1) is 7.46. The van der Waals surface area contributed by atoms with Crippen molar-refractivity contribution in [1.29, 1.82) is 0 Å². The van der Waals surface area contributed by atoms with E-state index < -0.39 is 0 Å². The SMILES string of the molecule is CCCC(I)I. The van der Waals surface area contributed by atoms with Gasteiger partial charge in [-0.2, -0.15) is 0 Å². The lowest BCUT2D eigenvalue weighted by Crippen LogP contribution is -1.78. The summed E-state index contributed by atoms with van der Waals surface area (Å²) in [6, 6.07) is 0. The predicted octanol–water partition coefficient (Wildman–Crippen LogP) is 2.98. The molecule has 0 bridgehead atoms. The lowest BCUT2D eigenvalue weighted by Gasteiger charge is -1.91. The van der Waals surface area contributed by atoms with Crippen molar-refractivity contribution in [2.24, 2.45) is 0 Å². The minimum Gasteiger partial charge on any atom is -0.0710 e. The van der Waals surface area contributed by atoms with Crippen LogP contribution < -0.4 is 0 Å². The summed E-state index contributed by atoms with van der Waals surface area (Å²) in [5.74, 6) is 0. The van der Waals surface area contributed by atoms with Gasteiger partial charge in [0.15, 0.2) is 0 Å². The highest BCUT2D eigenvalue weighted by Gasteiger charge is 1.90. The van der Waals surface area contributed by atoms with Crippen molar-refractivity contribution >= 4 is 45.2 Å². The van der Waals surface area contributed by atoms with Gasteiger partial charge in [0, 0.05) is 0 Å². The zero-order chi connectivity index (χ0) is 4.99. The molecule has 0 unspecified atom stereocenters. The third-order valence-corrected chi connectivity index (χ3v) is 1.75. The molecule has 0 aliphatic rings. The van der Waals surface area contributed by atoms with E-state index in [1.54, 1.807) is 0 Å². The second kappa shape index (κ2) is 4.61. The Kier molecular flexibility index (Phi) is 5.74. The van der Waals surface area contributed by atoms with Gasteiger partial charge in [-0.3, -0.25) is 0 Å². The van der Waals surface area contributed by atoms with Crippen LogP contribution in [0.3, 0.4) is 0 Å². The van der Waals surface area contributed by atoms with Gasteiger partial charge in [-0.1, -0.05) is 58.5 Å². The monoisotopic (exact) mass is 310 g/mol. The van der Waals surface area contributed by atoms with Gasteiger partial charge in [-0.05, 0) is 6.42 Å². The second-order valence-electron chi connectivity index (χ2n) is 1.18. The van der Waals surface area contributed by atoms with E-state index in [1.165, 1.54) is 12.8 Å². The molecule has 0 saturated carbocycles. The number of hydrogen-bond donors (Lipinski definition) is 0. The standard InChI is InChI=1S/C4H8I2/c1-2-3-4(5)6/h4H,2-3H2,1H3. The summed E-state index contributed by atoms with van der Waals surface area (Å²) in [7, 11) is 0. The summed E-state index contributed by atoms with van der Waals surface area (Å²) in [6.07, 6.45) is 2.66. The first-order valence-corrected chi connectivity index (χ1v) is 4.54. The Morgan fingerprint density at radius 3 is 2.00 bits per heavy atom. The van der Waals surface area contributed by atoms with Gasteiger partial charge >= 0.3 is 0 Å². The zero-order valence-corrected chi connectivity index (χ0v) is 8.06. The number of rotatable bonds is 2. The van der Waals surface area contributed by atoms with Crippen molar-refractivity contribution in [1.82, 2.24) is 0 Å². The number of hydrogen-bond acceptors (Lipinski definition) is 0. The summed E-state index contributed by atoms with van der Waals surface area (Å²) in [5.41, 5.74) is 0. The van der Waals surface area contributed by atoms with Crippen LogP contribution in [0.5, 0.6) is 0 Å². The third-order valence-electron chi connectivity index (χ3n) is 0.507. The van der Waals surface area contributed by atoms with E-state index >= 15 is 0 Å². The molecule has 0 nitrogen and oxygen atoms in total. The highest BCUT2D eigenvalue weighted by molar-refractivity contribution is 14.2. The van der Waals surface area contributed by atoms with Gasteiger partial charge in [0.1, 0.15) is 0 Å². The minimum atomic E-state index is 0.838. The van der Waals surface area contributed by atoms with Crippen molar-refractivity contribution in [2.75, 3.05) is 0 Å². The first-order valence-electron chi connectivity index (χ1n) is 2.05. The first-order chi connectivity index (χ1) is 2.77. The average molecular weight is 310 g/mol. The fourth-order valence-corrected chi connectivity index (χ4v) is 1.46. The molecule has 0 fully saturated rings. The molecule has 2 heteroatoms. The maximum atomic E-state index is 2.43. The van der Waals surface area contributed by atoms with Crippen LogP contribution >= 0.6 is 45.2 Å². The van der Waals surface area contributed by atoms with E-state index in [4.69, 9.17) is 0 Å². The van der Waals surface area contributed by atoms with Crippen LogP contribution in [0.4, 0.5) is 0 Å². The van der Waals surface area contributed by atoms with Crippen molar-refractivity contribution in [3.8, 4) is 0 Å². The summed E-state index contributed by atoms with van der Waals surface area (Å²) >= 11 is 4.86. The molecule has 0 aliphatic carbocycles. The molecule has 0 amide bonds. The molecule has 0 saturated heterocycles. The van der Waals surface area contributed by atoms with E-state index in [0.29, 0.717) is 0 Å². The largest absolute Gasteiger partial charge is 0.0710 e. The molecule has 0 aromatic rings. The van der Waals surface area contributed by atoms with Gasteiger partial charge in [-0.15, -0.1) is 0 Å². The normalized spacial score (nSPS) is 10.0. The molecule has 0 rings (SSSR count). The summed E-state index contributed by atoms with van der Waals surface area (Å²) < 4.78 is 0.838. The molecule has 0 atom stereocenters. The topological polar surface area (TPSA) is 0 Å². The Morgan fingerprint density at radius 2 is 2.00 bits per heavy atom. The lowest BCUT2D eigenvalue weighted by atomic mass is 10.4. The Morgan fingerprint density at radius 1 is 1.50 bits per heavy atom. The van der Waals surface area contributed by atoms with Crippen LogP contribution in [0.15, 0.2) is 0 Å². The fourth-order valence-electron chi connectivity index (χ4n) is 0.218. The molecular weight excluding hydrogens is 302 g/mol. The summed E-state index contributed by atoms with van der Waals surface area (Å²) in [6.45, 7) is 2.21. The fraction of sp³-hybridized carbons (Fsp3) is 1.00. The van der Waals surface area contributed by atoms with Gasteiger partial charge in [0.05, 0.1) is 1.93 Å². The Balaban J connectivity index is 2.63. The van der Waals surface area contributed by atoms with E-state index in [9.17, 15) is 0 Å². The average Bonchev–Trinajstić information content (AvgIpc) is 1.35. The highest BCUT2D eigenvalue weighted by Crippen LogP contribution is 2.14. The summed E-state index contributed by atoms with van der Waals surface area (Å²) in [4.78, 5) is 0. The number of halogens is 2. The zero-order valence-electron chi connectivity index (χ0n) is 3.75. The van der Waals surface area contributed by atoms with Gasteiger partial charge in [0.2, 0.25) is 0 Å². The molecule has 0 heterocycles. The van der Waals surface area contributed by atoms with E-state index in [1.807, 2.05) is 0 Å². The van der Waals surface area contributed by atoms with Crippen LogP contribution in [0, 0.1) is 0 Å². The van der Waals surface area contributed by atoms with Crippen molar-refractivity contribution < 1.29 is 0 Å². The molecule has 0 spiro atoms. The van der Waals surface area contributed by atoms with Crippen LogP contribution in [-0.2, 0) is 0 Å². The van der Waals surface area contributed by atoms with Crippen molar-refractivity contribution in [3.63, 3.8) is 0 Å².